The molecule has 0 spiro atoms. The average Bonchev–Trinajstić information content (AvgIpc) is 2.48. The molecule has 23 heavy (non-hydrogen) atoms. The lowest BCUT2D eigenvalue weighted by atomic mass is 9.81. The molecule has 5 nitrogen and oxygen atoms in total. The zero-order chi connectivity index (χ0) is 16.2. The fourth-order valence-electron chi connectivity index (χ4n) is 3.49. The van der Waals surface area contributed by atoms with E-state index in [0.717, 1.165) is 51.6 Å². The highest BCUT2D eigenvalue weighted by Gasteiger charge is 2.36. The van der Waals surface area contributed by atoms with E-state index in [-0.39, 0.29) is 30.3 Å². The second-order valence-corrected chi connectivity index (χ2v) is 7.44. The number of carbonyl (C=O) groups is 2. The first kappa shape index (κ1) is 20.2. The molecule has 1 saturated heterocycles. The molecule has 2 aliphatic rings. The Kier molecular flexibility index (Phi) is 7.81. The molecule has 1 aliphatic carbocycles. The van der Waals surface area contributed by atoms with Crippen molar-refractivity contribution in [3.05, 3.63) is 0 Å². The van der Waals surface area contributed by atoms with E-state index in [4.69, 9.17) is 5.73 Å². The van der Waals surface area contributed by atoms with E-state index in [1.165, 1.54) is 6.42 Å². The van der Waals surface area contributed by atoms with Crippen molar-refractivity contribution in [2.45, 2.75) is 76.8 Å². The summed E-state index contributed by atoms with van der Waals surface area (Å²) in [4.78, 5) is 26.4. The lowest BCUT2D eigenvalue weighted by Gasteiger charge is -2.37. The third kappa shape index (κ3) is 5.64. The van der Waals surface area contributed by atoms with Crippen molar-refractivity contribution >= 4 is 24.2 Å². The van der Waals surface area contributed by atoms with Crippen molar-refractivity contribution in [3.8, 4) is 0 Å². The van der Waals surface area contributed by atoms with Crippen LogP contribution in [0.1, 0.15) is 65.2 Å². The minimum absolute atomic E-state index is 0. The molecule has 3 N–H and O–H groups in total. The Morgan fingerprint density at radius 2 is 1.74 bits per heavy atom. The summed E-state index contributed by atoms with van der Waals surface area (Å²) >= 11 is 0. The maximum absolute atomic E-state index is 12.4. The highest BCUT2D eigenvalue weighted by atomic mass is 35.5. The van der Waals surface area contributed by atoms with E-state index in [1.54, 1.807) is 0 Å². The van der Waals surface area contributed by atoms with Gasteiger partial charge in [-0.1, -0.05) is 33.1 Å². The summed E-state index contributed by atoms with van der Waals surface area (Å²) in [6, 6.07) is 0.165. The molecule has 0 unspecified atom stereocenters. The molecular weight excluding hydrogens is 314 g/mol. The third-order valence-electron chi connectivity index (χ3n) is 4.96. The Morgan fingerprint density at radius 3 is 2.26 bits per heavy atom. The van der Waals surface area contributed by atoms with Gasteiger partial charge in [0.15, 0.2) is 0 Å². The molecule has 2 fully saturated rings. The molecule has 1 aliphatic heterocycles. The standard InChI is InChI=1S/C17H31N3O2.ClH/c1-13(2)12-15(21)20-10-6-14(7-11-20)19-16(22)17(18)8-4-3-5-9-17;/h13-14H,3-12,18H2,1-2H3,(H,19,22);1H. The molecule has 0 aromatic heterocycles. The minimum Gasteiger partial charge on any atom is -0.352 e. The summed E-state index contributed by atoms with van der Waals surface area (Å²) in [6.45, 7) is 5.62. The van der Waals surface area contributed by atoms with Crippen LogP contribution in [-0.4, -0.2) is 41.4 Å². The van der Waals surface area contributed by atoms with E-state index in [2.05, 4.69) is 19.2 Å². The second kappa shape index (κ2) is 8.88. The number of likely N-dealkylation sites (tertiary alicyclic amines) is 1. The van der Waals surface area contributed by atoms with E-state index >= 15 is 0 Å². The van der Waals surface area contributed by atoms with E-state index < -0.39 is 5.54 Å². The number of amides is 2. The number of nitrogens with one attached hydrogen (secondary N) is 1. The van der Waals surface area contributed by atoms with E-state index in [9.17, 15) is 9.59 Å². The molecule has 0 aromatic rings. The monoisotopic (exact) mass is 345 g/mol. The Labute approximate surface area is 146 Å². The lowest BCUT2D eigenvalue weighted by molar-refractivity contribution is -0.133. The first-order valence-corrected chi connectivity index (χ1v) is 8.78. The molecule has 6 heteroatoms. The normalized spacial score (nSPS) is 21.7. The van der Waals surface area contributed by atoms with Crippen LogP contribution in [-0.2, 0) is 9.59 Å². The van der Waals surface area contributed by atoms with Crippen LogP contribution in [0.25, 0.3) is 0 Å². The zero-order valence-corrected chi connectivity index (χ0v) is 15.3. The molecule has 0 aromatic carbocycles. The number of halogens is 1. The maximum atomic E-state index is 12.4. The van der Waals surface area contributed by atoms with Crippen molar-refractivity contribution < 1.29 is 9.59 Å². The van der Waals surface area contributed by atoms with Crippen LogP contribution in [0.15, 0.2) is 0 Å². The number of piperidine rings is 1. The molecule has 0 atom stereocenters. The van der Waals surface area contributed by atoms with Crippen LogP contribution in [0.3, 0.4) is 0 Å². The molecular formula is C17H32ClN3O2. The van der Waals surface area contributed by atoms with Crippen molar-refractivity contribution in [2.24, 2.45) is 11.7 Å². The predicted molar refractivity (Wildman–Crippen MR) is 94.5 cm³/mol. The van der Waals surface area contributed by atoms with Gasteiger partial charge in [-0.25, -0.2) is 0 Å². The van der Waals surface area contributed by atoms with Gasteiger partial charge in [0.1, 0.15) is 0 Å². The summed E-state index contributed by atoms with van der Waals surface area (Å²) in [5.41, 5.74) is 5.61. The van der Waals surface area contributed by atoms with Gasteiger partial charge >= 0.3 is 0 Å². The van der Waals surface area contributed by atoms with Crippen LogP contribution < -0.4 is 11.1 Å². The number of rotatable bonds is 4. The predicted octanol–water partition coefficient (Wildman–Crippen LogP) is 2.22. The van der Waals surface area contributed by atoms with Crippen molar-refractivity contribution in [2.75, 3.05) is 13.1 Å². The summed E-state index contributed by atoms with van der Waals surface area (Å²) in [7, 11) is 0. The van der Waals surface area contributed by atoms with Gasteiger partial charge in [0.2, 0.25) is 11.8 Å². The van der Waals surface area contributed by atoms with Gasteiger partial charge in [-0.2, -0.15) is 0 Å². The number of hydrogen-bond acceptors (Lipinski definition) is 3. The van der Waals surface area contributed by atoms with Gasteiger partial charge < -0.3 is 16.0 Å². The molecule has 134 valence electrons. The Balaban J connectivity index is 0.00000264. The van der Waals surface area contributed by atoms with Crippen LogP contribution in [0, 0.1) is 5.92 Å². The molecule has 2 amide bonds. The zero-order valence-electron chi connectivity index (χ0n) is 14.5. The quantitative estimate of drug-likeness (QED) is 0.820. The first-order chi connectivity index (χ1) is 10.4. The second-order valence-electron chi connectivity index (χ2n) is 7.44. The highest BCUT2D eigenvalue weighted by molar-refractivity contribution is 5.86. The Morgan fingerprint density at radius 1 is 1.17 bits per heavy atom. The Hall–Kier alpha value is -0.810. The number of nitrogens with zero attached hydrogens (tertiary/aromatic N) is 1. The van der Waals surface area contributed by atoms with Gasteiger partial charge in [-0.3, -0.25) is 9.59 Å². The van der Waals surface area contributed by atoms with Gasteiger partial charge in [-0.15, -0.1) is 12.4 Å². The van der Waals surface area contributed by atoms with Crippen LogP contribution >= 0.6 is 12.4 Å². The van der Waals surface area contributed by atoms with Gasteiger partial charge in [0.25, 0.3) is 0 Å². The average molecular weight is 346 g/mol. The smallest absolute Gasteiger partial charge is 0.240 e. The number of hydrogen-bond donors (Lipinski definition) is 2. The van der Waals surface area contributed by atoms with Crippen LogP contribution in [0.2, 0.25) is 0 Å². The molecule has 1 heterocycles. The first-order valence-electron chi connectivity index (χ1n) is 8.78. The minimum atomic E-state index is -0.664. The van der Waals surface area contributed by atoms with Gasteiger partial charge in [0, 0.05) is 25.6 Å². The van der Waals surface area contributed by atoms with Crippen LogP contribution in [0.5, 0.6) is 0 Å². The van der Waals surface area contributed by atoms with Gasteiger partial charge in [-0.05, 0) is 31.6 Å². The molecule has 2 rings (SSSR count). The van der Waals surface area contributed by atoms with Crippen LogP contribution in [0.4, 0.5) is 0 Å². The topological polar surface area (TPSA) is 75.4 Å². The van der Waals surface area contributed by atoms with Gasteiger partial charge in [0.05, 0.1) is 5.54 Å². The molecule has 1 saturated carbocycles. The fraction of sp³-hybridized carbons (Fsp3) is 0.882. The van der Waals surface area contributed by atoms with Crippen molar-refractivity contribution in [1.29, 1.82) is 0 Å². The van der Waals surface area contributed by atoms with E-state index in [0.29, 0.717) is 12.3 Å². The summed E-state index contributed by atoms with van der Waals surface area (Å²) in [5, 5.41) is 3.13. The van der Waals surface area contributed by atoms with E-state index in [1.807, 2.05) is 4.90 Å². The summed E-state index contributed by atoms with van der Waals surface area (Å²) in [5.74, 6) is 0.648. The third-order valence-corrected chi connectivity index (χ3v) is 4.96. The highest BCUT2D eigenvalue weighted by Crippen LogP contribution is 2.26. The Bertz CT molecular complexity index is 401. The lowest BCUT2D eigenvalue weighted by Crippen LogP contribution is -2.58. The maximum Gasteiger partial charge on any atom is 0.240 e. The largest absolute Gasteiger partial charge is 0.352 e. The van der Waals surface area contributed by atoms with Crippen molar-refractivity contribution in [3.63, 3.8) is 0 Å². The summed E-state index contributed by atoms with van der Waals surface area (Å²) < 4.78 is 0. The number of carbonyl (C=O) groups excluding carboxylic acids is 2. The number of nitrogens with two attached hydrogens (primary N) is 1. The fourth-order valence-corrected chi connectivity index (χ4v) is 3.49. The molecule has 0 bridgehead atoms. The molecule has 0 radical (unpaired) electrons. The summed E-state index contributed by atoms with van der Waals surface area (Å²) in [6.07, 6.45) is 7.16. The SMILES string of the molecule is CC(C)CC(=O)N1CCC(NC(=O)C2(N)CCCCC2)CC1.Cl. The van der Waals surface area contributed by atoms with Crippen molar-refractivity contribution in [1.82, 2.24) is 10.2 Å².